The molecule has 1 N–H and O–H groups in total. The van der Waals surface area contributed by atoms with Gasteiger partial charge in [-0.25, -0.2) is 0 Å². The monoisotopic (exact) mass is 171 g/mol. The summed E-state index contributed by atoms with van der Waals surface area (Å²) in [6.45, 7) is 9.85. The Kier molecular flexibility index (Phi) is 5.12. The van der Waals surface area contributed by atoms with E-state index in [0.717, 1.165) is 12.1 Å². The van der Waals surface area contributed by atoms with Crippen molar-refractivity contribution in [1.82, 2.24) is 5.32 Å². The minimum absolute atomic E-state index is 0.470. The molecule has 1 unspecified atom stereocenters. The van der Waals surface area contributed by atoms with Crippen molar-refractivity contribution in [3.63, 3.8) is 0 Å². The summed E-state index contributed by atoms with van der Waals surface area (Å²) >= 11 is 1.81. The average molecular weight is 171 g/mol. The van der Waals surface area contributed by atoms with Crippen LogP contribution in [0.15, 0.2) is 24.4 Å². The number of allylic oxidation sites excluding steroid dienone is 1. The zero-order chi connectivity index (χ0) is 8.85. The molecule has 0 saturated carbocycles. The molecular weight excluding hydrogens is 154 g/mol. The van der Waals surface area contributed by atoms with Gasteiger partial charge in [-0.3, -0.25) is 0 Å². The van der Waals surface area contributed by atoms with Gasteiger partial charge < -0.3 is 5.32 Å². The quantitative estimate of drug-likeness (QED) is 0.638. The summed E-state index contributed by atoms with van der Waals surface area (Å²) in [7, 11) is 1.91. The third-order valence-corrected chi connectivity index (χ3v) is 2.55. The molecule has 0 spiro atoms. The number of thioether (sulfide) groups is 1. The minimum Gasteiger partial charge on any atom is -0.391 e. The van der Waals surface area contributed by atoms with E-state index in [1.165, 1.54) is 5.57 Å². The average Bonchev–Trinajstić information content (AvgIpc) is 1.98. The summed E-state index contributed by atoms with van der Waals surface area (Å²) in [5, 5.41) is 3.53. The number of hydrogen-bond donors (Lipinski definition) is 1. The molecule has 0 rings (SSSR count). The molecule has 0 bridgehead atoms. The van der Waals surface area contributed by atoms with E-state index in [2.05, 4.69) is 24.7 Å². The van der Waals surface area contributed by atoms with E-state index in [0.29, 0.717) is 5.25 Å². The molecule has 1 atom stereocenters. The molecule has 2 heteroatoms. The van der Waals surface area contributed by atoms with Gasteiger partial charge in [-0.2, -0.15) is 11.8 Å². The first-order valence-electron chi connectivity index (χ1n) is 3.65. The molecule has 11 heavy (non-hydrogen) atoms. The lowest BCUT2D eigenvalue weighted by Crippen LogP contribution is -2.17. The van der Waals surface area contributed by atoms with E-state index in [1.54, 1.807) is 0 Å². The van der Waals surface area contributed by atoms with E-state index >= 15 is 0 Å². The van der Waals surface area contributed by atoms with Crippen molar-refractivity contribution in [3.8, 4) is 0 Å². The fourth-order valence-electron chi connectivity index (χ4n) is 0.826. The van der Waals surface area contributed by atoms with Crippen LogP contribution in [0.4, 0.5) is 0 Å². The summed E-state index contributed by atoms with van der Waals surface area (Å²) < 4.78 is 0. The van der Waals surface area contributed by atoms with Gasteiger partial charge in [0, 0.05) is 18.0 Å². The third kappa shape index (κ3) is 4.14. The number of nitrogens with one attached hydrogen (secondary N) is 1. The molecule has 1 nitrogen and oxygen atoms in total. The van der Waals surface area contributed by atoms with Gasteiger partial charge in [-0.05, 0) is 19.6 Å². The topological polar surface area (TPSA) is 12.0 Å². The Balaban J connectivity index is 3.94. The van der Waals surface area contributed by atoms with E-state index in [4.69, 9.17) is 0 Å². The first kappa shape index (κ1) is 10.6. The Morgan fingerprint density at radius 2 is 2.09 bits per heavy atom. The van der Waals surface area contributed by atoms with Crippen molar-refractivity contribution in [2.24, 2.45) is 0 Å². The van der Waals surface area contributed by atoms with Crippen LogP contribution in [0.2, 0.25) is 0 Å². The van der Waals surface area contributed by atoms with Gasteiger partial charge in [0.1, 0.15) is 0 Å². The van der Waals surface area contributed by atoms with Crippen LogP contribution < -0.4 is 5.32 Å². The fourth-order valence-corrected chi connectivity index (χ4v) is 1.68. The highest BCUT2D eigenvalue weighted by molar-refractivity contribution is 7.99. The number of rotatable bonds is 5. The summed E-state index contributed by atoms with van der Waals surface area (Å²) in [6, 6.07) is 0. The molecular formula is C9H17NS. The SMILES string of the molecule is C=C(C)CC(SC)C(=C)NC. The van der Waals surface area contributed by atoms with Crippen LogP contribution >= 0.6 is 11.8 Å². The Morgan fingerprint density at radius 1 is 1.55 bits per heavy atom. The zero-order valence-electron chi connectivity index (χ0n) is 7.61. The molecule has 0 aliphatic heterocycles. The van der Waals surface area contributed by atoms with Crippen LogP contribution in [-0.2, 0) is 0 Å². The van der Waals surface area contributed by atoms with Crippen LogP contribution in [0.1, 0.15) is 13.3 Å². The first-order valence-corrected chi connectivity index (χ1v) is 4.94. The predicted molar refractivity (Wildman–Crippen MR) is 54.9 cm³/mol. The fraction of sp³-hybridized carbons (Fsp3) is 0.556. The molecule has 0 aromatic carbocycles. The largest absolute Gasteiger partial charge is 0.391 e. The Labute approximate surface area is 74.0 Å². The van der Waals surface area contributed by atoms with Crippen LogP contribution in [0, 0.1) is 0 Å². The Hall–Kier alpha value is -0.370. The standard InChI is InChI=1S/C9H17NS/c1-7(2)6-9(11-5)8(3)10-4/h9-10H,1,3,6H2,2,4-5H3. The lowest BCUT2D eigenvalue weighted by molar-refractivity contribution is 0.853. The molecule has 0 aliphatic carbocycles. The molecule has 0 aromatic rings. The lowest BCUT2D eigenvalue weighted by Gasteiger charge is -2.16. The molecule has 0 saturated heterocycles. The second-order valence-electron chi connectivity index (χ2n) is 2.66. The van der Waals surface area contributed by atoms with E-state index in [-0.39, 0.29) is 0 Å². The van der Waals surface area contributed by atoms with Gasteiger partial charge in [-0.1, -0.05) is 12.2 Å². The maximum absolute atomic E-state index is 3.92. The third-order valence-electron chi connectivity index (χ3n) is 1.53. The smallest absolute Gasteiger partial charge is 0.0472 e. The van der Waals surface area contributed by atoms with Gasteiger partial charge in [0.05, 0.1) is 0 Å². The second kappa shape index (κ2) is 5.30. The van der Waals surface area contributed by atoms with Crippen molar-refractivity contribution in [2.45, 2.75) is 18.6 Å². The molecule has 0 aromatic heterocycles. The van der Waals surface area contributed by atoms with Crippen molar-refractivity contribution < 1.29 is 0 Å². The summed E-state index contributed by atoms with van der Waals surface area (Å²) in [5.74, 6) is 0. The summed E-state index contributed by atoms with van der Waals surface area (Å²) in [6.07, 6.45) is 3.11. The van der Waals surface area contributed by atoms with Gasteiger partial charge in [-0.15, -0.1) is 6.58 Å². The minimum atomic E-state index is 0.470. The predicted octanol–water partition coefficient (Wildman–Crippen LogP) is 2.42. The van der Waals surface area contributed by atoms with Gasteiger partial charge >= 0.3 is 0 Å². The van der Waals surface area contributed by atoms with Crippen LogP contribution in [0.25, 0.3) is 0 Å². The molecule has 0 aliphatic rings. The highest BCUT2D eigenvalue weighted by atomic mass is 32.2. The highest BCUT2D eigenvalue weighted by Crippen LogP contribution is 2.19. The van der Waals surface area contributed by atoms with Crippen LogP contribution in [0.3, 0.4) is 0 Å². The summed E-state index contributed by atoms with van der Waals surface area (Å²) in [4.78, 5) is 0. The molecule has 0 fully saturated rings. The van der Waals surface area contributed by atoms with Crippen molar-refractivity contribution in [1.29, 1.82) is 0 Å². The number of hydrogen-bond acceptors (Lipinski definition) is 2. The molecule has 0 radical (unpaired) electrons. The Morgan fingerprint density at radius 3 is 2.36 bits per heavy atom. The normalized spacial score (nSPS) is 12.3. The van der Waals surface area contributed by atoms with E-state index < -0.39 is 0 Å². The van der Waals surface area contributed by atoms with E-state index in [1.807, 2.05) is 25.7 Å². The molecule has 0 heterocycles. The maximum atomic E-state index is 3.92. The van der Waals surface area contributed by atoms with Crippen molar-refractivity contribution in [3.05, 3.63) is 24.4 Å². The van der Waals surface area contributed by atoms with Crippen molar-refractivity contribution in [2.75, 3.05) is 13.3 Å². The molecule has 64 valence electrons. The Bertz CT molecular complexity index is 152. The van der Waals surface area contributed by atoms with Gasteiger partial charge in [0.2, 0.25) is 0 Å². The summed E-state index contributed by atoms with van der Waals surface area (Å²) in [5.41, 5.74) is 2.29. The first-order chi connectivity index (χ1) is 5.11. The highest BCUT2D eigenvalue weighted by Gasteiger charge is 2.08. The zero-order valence-corrected chi connectivity index (χ0v) is 8.42. The second-order valence-corrected chi connectivity index (χ2v) is 3.70. The van der Waals surface area contributed by atoms with Gasteiger partial charge in [0.15, 0.2) is 0 Å². The van der Waals surface area contributed by atoms with E-state index in [9.17, 15) is 0 Å². The van der Waals surface area contributed by atoms with Crippen LogP contribution in [-0.4, -0.2) is 18.6 Å². The van der Waals surface area contributed by atoms with Gasteiger partial charge in [0.25, 0.3) is 0 Å². The van der Waals surface area contributed by atoms with Crippen LogP contribution in [0.5, 0.6) is 0 Å². The molecule has 0 amide bonds. The lowest BCUT2D eigenvalue weighted by atomic mass is 10.1. The maximum Gasteiger partial charge on any atom is 0.0472 e. The van der Waals surface area contributed by atoms with Crippen molar-refractivity contribution >= 4 is 11.8 Å².